The van der Waals surface area contributed by atoms with Crippen LogP contribution in [0.1, 0.15) is 37.8 Å². The first-order valence-corrected chi connectivity index (χ1v) is 6.30. The van der Waals surface area contributed by atoms with Gasteiger partial charge < -0.3 is 10.5 Å². The Kier molecular flexibility index (Phi) is 4.91. The van der Waals surface area contributed by atoms with Gasteiger partial charge >= 0.3 is 5.97 Å². The van der Waals surface area contributed by atoms with Crippen LogP contribution in [0.3, 0.4) is 0 Å². The van der Waals surface area contributed by atoms with Crippen LogP contribution in [0.5, 0.6) is 0 Å². The van der Waals surface area contributed by atoms with Gasteiger partial charge in [0.1, 0.15) is 0 Å². The zero-order valence-electron chi connectivity index (χ0n) is 11.7. The van der Waals surface area contributed by atoms with Gasteiger partial charge in [-0.3, -0.25) is 4.79 Å². The second-order valence-corrected chi connectivity index (χ2v) is 5.33. The lowest BCUT2D eigenvalue weighted by Crippen LogP contribution is -2.38. The summed E-state index contributed by atoms with van der Waals surface area (Å²) in [6.45, 7) is 6.45. The van der Waals surface area contributed by atoms with E-state index in [0.717, 1.165) is 5.56 Å². The van der Waals surface area contributed by atoms with Crippen LogP contribution < -0.4 is 5.73 Å². The van der Waals surface area contributed by atoms with Crippen molar-refractivity contribution in [2.24, 2.45) is 11.1 Å². The molecule has 100 valence electrons. The first kappa shape index (κ1) is 14.7. The topological polar surface area (TPSA) is 52.3 Å². The van der Waals surface area contributed by atoms with Crippen molar-refractivity contribution in [3.8, 4) is 0 Å². The van der Waals surface area contributed by atoms with Crippen LogP contribution >= 0.6 is 0 Å². The lowest BCUT2D eigenvalue weighted by atomic mass is 9.83. The highest BCUT2D eigenvalue weighted by Gasteiger charge is 2.33. The number of rotatable bonds is 5. The van der Waals surface area contributed by atoms with Crippen molar-refractivity contribution >= 4 is 5.97 Å². The second kappa shape index (κ2) is 6.01. The average molecular weight is 249 g/mol. The second-order valence-electron chi connectivity index (χ2n) is 5.33. The first-order valence-electron chi connectivity index (χ1n) is 6.30. The smallest absolute Gasteiger partial charge is 0.313 e. The van der Waals surface area contributed by atoms with Crippen LogP contribution in [0, 0.1) is 5.41 Å². The summed E-state index contributed by atoms with van der Waals surface area (Å²) in [5.41, 5.74) is 7.47. The Morgan fingerprint density at radius 3 is 2.28 bits per heavy atom. The molecule has 2 N–H and O–H groups in total. The highest BCUT2D eigenvalue weighted by atomic mass is 16.5. The molecule has 0 saturated heterocycles. The fourth-order valence-corrected chi connectivity index (χ4v) is 1.94. The van der Waals surface area contributed by atoms with E-state index in [0.29, 0.717) is 12.3 Å². The van der Waals surface area contributed by atoms with E-state index in [9.17, 15) is 4.79 Å². The predicted octanol–water partition coefficient (Wildman–Crippen LogP) is 2.49. The molecule has 1 unspecified atom stereocenters. The fraction of sp³-hybridized carbons (Fsp3) is 0.533. The highest BCUT2D eigenvalue weighted by Crippen LogP contribution is 2.24. The summed E-state index contributed by atoms with van der Waals surface area (Å²) in [5.74, 6) is 0.262. The van der Waals surface area contributed by atoms with E-state index < -0.39 is 5.41 Å². The molecule has 0 aliphatic carbocycles. The molecule has 0 saturated carbocycles. The van der Waals surface area contributed by atoms with E-state index in [1.807, 2.05) is 6.92 Å². The van der Waals surface area contributed by atoms with Gasteiger partial charge in [-0.15, -0.1) is 0 Å². The van der Waals surface area contributed by atoms with Crippen molar-refractivity contribution in [1.82, 2.24) is 0 Å². The van der Waals surface area contributed by atoms with E-state index in [2.05, 4.69) is 38.1 Å². The Morgan fingerprint density at radius 2 is 1.89 bits per heavy atom. The van der Waals surface area contributed by atoms with Crippen LogP contribution in [0.15, 0.2) is 24.3 Å². The molecule has 3 nitrogen and oxygen atoms in total. The molecule has 18 heavy (non-hydrogen) atoms. The maximum atomic E-state index is 11.7. The number of ether oxygens (including phenoxy) is 1. The third kappa shape index (κ3) is 3.33. The third-order valence-corrected chi connectivity index (χ3v) is 3.37. The molecule has 3 heteroatoms. The van der Waals surface area contributed by atoms with Gasteiger partial charge in [-0.1, -0.05) is 38.1 Å². The normalized spacial score (nSPS) is 14.3. The molecule has 1 atom stereocenters. The maximum absolute atomic E-state index is 11.7. The molecule has 0 aliphatic heterocycles. The number of carbonyl (C=O) groups is 1. The van der Waals surface area contributed by atoms with Gasteiger partial charge in [-0.05, 0) is 30.4 Å². The SMILES string of the molecule is COC(=O)C(C)(CN)Cc1ccc(C(C)C)cc1. The molecular weight excluding hydrogens is 226 g/mol. The molecule has 0 amide bonds. The van der Waals surface area contributed by atoms with Gasteiger partial charge in [0.15, 0.2) is 0 Å². The van der Waals surface area contributed by atoms with E-state index in [1.165, 1.54) is 12.7 Å². The van der Waals surface area contributed by atoms with Crippen LogP contribution in [0.2, 0.25) is 0 Å². The summed E-state index contributed by atoms with van der Waals surface area (Å²) < 4.78 is 4.82. The summed E-state index contributed by atoms with van der Waals surface area (Å²) in [4.78, 5) is 11.7. The summed E-state index contributed by atoms with van der Waals surface area (Å²) >= 11 is 0. The number of nitrogens with two attached hydrogens (primary N) is 1. The van der Waals surface area contributed by atoms with Gasteiger partial charge in [-0.2, -0.15) is 0 Å². The highest BCUT2D eigenvalue weighted by molar-refractivity contribution is 5.77. The molecule has 0 bridgehead atoms. The Hall–Kier alpha value is -1.35. The van der Waals surface area contributed by atoms with Crippen molar-refractivity contribution in [3.05, 3.63) is 35.4 Å². The lowest BCUT2D eigenvalue weighted by molar-refractivity contribution is -0.151. The summed E-state index contributed by atoms with van der Waals surface area (Å²) in [6.07, 6.45) is 0.606. The van der Waals surface area contributed by atoms with Crippen molar-refractivity contribution < 1.29 is 9.53 Å². The van der Waals surface area contributed by atoms with Gasteiger partial charge in [-0.25, -0.2) is 0 Å². The molecule has 0 fully saturated rings. The molecule has 1 aromatic rings. The molecule has 1 aromatic carbocycles. The zero-order chi connectivity index (χ0) is 13.8. The minimum atomic E-state index is -0.645. The van der Waals surface area contributed by atoms with Crippen molar-refractivity contribution in [2.75, 3.05) is 13.7 Å². The molecular formula is C15H23NO2. The number of hydrogen-bond donors (Lipinski definition) is 1. The quantitative estimate of drug-likeness (QED) is 0.816. The monoisotopic (exact) mass is 249 g/mol. The number of carbonyl (C=O) groups excluding carboxylic acids is 1. The van der Waals surface area contributed by atoms with E-state index in [-0.39, 0.29) is 12.5 Å². The van der Waals surface area contributed by atoms with E-state index >= 15 is 0 Å². The number of benzene rings is 1. The molecule has 0 aliphatic rings. The number of methoxy groups -OCH3 is 1. The predicted molar refractivity (Wildman–Crippen MR) is 73.4 cm³/mol. The summed E-state index contributed by atoms with van der Waals surface area (Å²) in [6, 6.07) is 8.33. The average Bonchev–Trinajstić information content (AvgIpc) is 2.38. The Balaban J connectivity index is 2.85. The lowest BCUT2D eigenvalue weighted by Gasteiger charge is -2.25. The van der Waals surface area contributed by atoms with Gasteiger partial charge in [0, 0.05) is 6.54 Å². The van der Waals surface area contributed by atoms with Crippen LogP contribution in [0.25, 0.3) is 0 Å². The maximum Gasteiger partial charge on any atom is 0.313 e. The Labute approximate surface area is 109 Å². The minimum Gasteiger partial charge on any atom is -0.469 e. The van der Waals surface area contributed by atoms with Crippen LogP contribution in [-0.4, -0.2) is 19.6 Å². The number of hydrogen-bond acceptors (Lipinski definition) is 3. The first-order chi connectivity index (χ1) is 8.42. The minimum absolute atomic E-state index is 0.252. The van der Waals surface area contributed by atoms with Crippen LogP contribution in [-0.2, 0) is 16.0 Å². The van der Waals surface area contributed by atoms with Crippen LogP contribution in [0.4, 0.5) is 0 Å². The fourth-order valence-electron chi connectivity index (χ4n) is 1.94. The molecule has 0 heterocycles. The molecule has 0 aromatic heterocycles. The van der Waals surface area contributed by atoms with Crippen molar-refractivity contribution in [1.29, 1.82) is 0 Å². The largest absolute Gasteiger partial charge is 0.469 e. The van der Waals surface area contributed by atoms with E-state index in [1.54, 1.807) is 0 Å². The van der Waals surface area contributed by atoms with Gasteiger partial charge in [0.2, 0.25) is 0 Å². The number of esters is 1. The third-order valence-electron chi connectivity index (χ3n) is 3.37. The van der Waals surface area contributed by atoms with Gasteiger partial charge in [0.25, 0.3) is 0 Å². The summed E-state index contributed by atoms with van der Waals surface area (Å²) in [5, 5.41) is 0. The standard InChI is InChI=1S/C15H23NO2/c1-11(2)13-7-5-12(6-8-13)9-15(3,10-16)14(17)18-4/h5-8,11H,9-10,16H2,1-4H3. The van der Waals surface area contributed by atoms with Crippen molar-refractivity contribution in [2.45, 2.75) is 33.1 Å². The summed E-state index contributed by atoms with van der Waals surface area (Å²) in [7, 11) is 1.40. The van der Waals surface area contributed by atoms with Gasteiger partial charge in [0.05, 0.1) is 12.5 Å². The molecule has 0 spiro atoms. The molecule has 0 radical (unpaired) electrons. The van der Waals surface area contributed by atoms with Crippen molar-refractivity contribution in [3.63, 3.8) is 0 Å². The Bertz CT molecular complexity index is 397. The Morgan fingerprint density at radius 1 is 1.33 bits per heavy atom. The molecule has 1 rings (SSSR count). The zero-order valence-corrected chi connectivity index (χ0v) is 11.7. The van der Waals surface area contributed by atoms with E-state index in [4.69, 9.17) is 10.5 Å².